The van der Waals surface area contributed by atoms with Gasteiger partial charge in [0.25, 0.3) is 0 Å². The van der Waals surface area contributed by atoms with Crippen molar-refractivity contribution in [3.63, 3.8) is 0 Å². The zero-order valence-electron chi connectivity index (χ0n) is 16.9. The highest BCUT2D eigenvalue weighted by Crippen LogP contribution is 2.52. The Kier molecular flexibility index (Phi) is 8.06. The fraction of sp³-hybridized carbons (Fsp3) is 0.650. The van der Waals surface area contributed by atoms with Gasteiger partial charge in [0.15, 0.2) is 12.6 Å². The SMILES string of the molecule is CCNC(=NCc1ccc(OCC(F)(F)F)cc1)NC1C2CCOC2C1(C)C.I. The van der Waals surface area contributed by atoms with Crippen LogP contribution < -0.4 is 15.4 Å². The number of benzene rings is 1. The van der Waals surface area contributed by atoms with Crippen LogP contribution in [0.1, 0.15) is 32.8 Å². The minimum absolute atomic E-state index is 0. The molecule has 1 saturated heterocycles. The number of nitrogens with one attached hydrogen (secondary N) is 2. The van der Waals surface area contributed by atoms with Crippen molar-refractivity contribution in [2.24, 2.45) is 16.3 Å². The molecule has 164 valence electrons. The zero-order valence-corrected chi connectivity index (χ0v) is 19.2. The molecule has 0 aromatic heterocycles. The highest BCUT2D eigenvalue weighted by atomic mass is 127. The lowest BCUT2D eigenvalue weighted by Crippen LogP contribution is -2.67. The largest absolute Gasteiger partial charge is 0.484 e. The second kappa shape index (κ2) is 9.72. The molecule has 1 aliphatic carbocycles. The van der Waals surface area contributed by atoms with E-state index in [4.69, 9.17) is 9.47 Å². The van der Waals surface area contributed by atoms with Gasteiger partial charge >= 0.3 is 6.18 Å². The van der Waals surface area contributed by atoms with E-state index >= 15 is 0 Å². The Hall–Kier alpha value is -1.23. The minimum Gasteiger partial charge on any atom is -0.484 e. The molecule has 0 bridgehead atoms. The summed E-state index contributed by atoms with van der Waals surface area (Å²) >= 11 is 0. The number of alkyl halides is 3. The van der Waals surface area contributed by atoms with Gasteiger partial charge in [-0.3, -0.25) is 0 Å². The van der Waals surface area contributed by atoms with Crippen molar-refractivity contribution in [2.45, 2.75) is 52.1 Å². The van der Waals surface area contributed by atoms with Gasteiger partial charge in [-0.05, 0) is 31.0 Å². The molecule has 29 heavy (non-hydrogen) atoms. The number of rotatable bonds is 6. The van der Waals surface area contributed by atoms with Gasteiger partial charge < -0.3 is 20.1 Å². The maximum atomic E-state index is 12.2. The molecule has 3 rings (SSSR count). The van der Waals surface area contributed by atoms with E-state index in [0.29, 0.717) is 24.6 Å². The van der Waals surface area contributed by atoms with Crippen LogP contribution >= 0.6 is 24.0 Å². The lowest BCUT2D eigenvalue weighted by molar-refractivity contribution is -0.153. The van der Waals surface area contributed by atoms with E-state index in [2.05, 4.69) is 29.5 Å². The molecular formula is C20H29F3IN3O2. The van der Waals surface area contributed by atoms with Crippen LogP contribution in [-0.4, -0.2) is 44.0 Å². The summed E-state index contributed by atoms with van der Waals surface area (Å²) in [6, 6.07) is 6.83. The smallest absolute Gasteiger partial charge is 0.422 e. The van der Waals surface area contributed by atoms with Gasteiger partial charge in [0.05, 0.1) is 12.6 Å². The van der Waals surface area contributed by atoms with Crippen molar-refractivity contribution >= 4 is 29.9 Å². The first-order valence-electron chi connectivity index (χ1n) is 9.65. The summed E-state index contributed by atoms with van der Waals surface area (Å²) in [4.78, 5) is 4.63. The Balaban J connectivity index is 0.00000300. The predicted molar refractivity (Wildman–Crippen MR) is 117 cm³/mol. The fourth-order valence-electron chi connectivity index (χ4n) is 4.11. The summed E-state index contributed by atoms with van der Waals surface area (Å²) in [5, 5.41) is 6.81. The lowest BCUT2D eigenvalue weighted by Gasteiger charge is -2.54. The number of ether oxygens (including phenoxy) is 2. The zero-order chi connectivity index (χ0) is 20.4. The summed E-state index contributed by atoms with van der Waals surface area (Å²) in [6.07, 6.45) is -2.98. The van der Waals surface area contributed by atoms with Gasteiger partial charge in [-0.2, -0.15) is 13.2 Å². The van der Waals surface area contributed by atoms with Crippen molar-refractivity contribution in [1.82, 2.24) is 10.6 Å². The number of hydrogen-bond acceptors (Lipinski definition) is 3. The molecule has 0 spiro atoms. The molecule has 1 heterocycles. The molecule has 3 atom stereocenters. The molecule has 2 aliphatic rings. The molecule has 1 aromatic carbocycles. The van der Waals surface area contributed by atoms with Gasteiger partial charge in [-0.15, -0.1) is 24.0 Å². The van der Waals surface area contributed by atoms with Crippen LogP contribution in [0.3, 0.4) is 0 Å². The summed E-state index contributed by atoms with van der Waals surface area (Å²) in [6.45, 7) is 7.12. The van der Waals surface area contributed by atoms with Crippen LogP contribution in [0, 0.1) is 11.3 Å². The average molecular weight is 527 g/mol. The summed E-state index contributed by atoms with van der Waals surface area (Å²) in [5.74, 6) is 1.44. The lowest BCUT2D eigenvalue weighted by atomic mass is 9.57. The molecule has 1 saturated carbocycles. The molecule has 1 aliphatic heterocycles. The first kappa shape index (κ1) is 24.0. The summed E-state index contributed by atoms with van der Waals surface area (Å²) in [7, 11) is 0. The molecular weight excluding hydrogens is 498 g/mol. The Morgan fingerprint density at radius 3 is 2.59 bits per heavy atom. The highest BCUT2D eigenvalue weighted by Gasteiger charge is 2.59. The van der Waals surface area contributed by atoms with Crippen molar-refractivity contribution in [3.8, 4) is 5.75 Å². The second-order valence-electron chi connectivity index (χ2n) is 7.93. The van der Waals surface area contributed by atoms with Gasteiger partial charge in [0.2, 0.25) is 0 Å². The number of guanidine groups is 1. The van der Waals surface area contributed by atoms with E-state index in [1.165, 1.54) is 12.1 Å². The van der Waals surface area contributed by atoms with Crippen molar-refractivity contribution in [3.05, 3.63) is 29.8 Å². The number of aliphatic imine (C=N–C) groups is 1. The van der Waals surface area contributed by atoms with Crippen LogP contribution in [0.25, 0.3) is 0 Å². The Labute approximate surface area is 186 Å². The Morgan fingerprint density at radius 1 is 1.28 bits per heavy atom. The van der Waals surface area contributed by atoms with E-state index in [9.17, 15) is 13.2 Å². The minimum atomic E-state index is -4.34. The Bertz CT molecular complexity index is 695. The molecule has 2 fully saturated rings. The molecule has 5 nitrogen and oxygen atoms in total. The molecule has 3 unspecified atom stereocenters. The molecule has 0 amide bonds. The fourth-order valence-corrected chi connectivity index (χ4v) is 4.11. The van der Waals surface area contributed by atoms with Crippen LogP contribution in [0.5, 0.6) is 5.75 Å². The van der Waals surface area contributed by atoms with Crippen LogP contribution in [-0.2, 0) is 11.3 Å². The average Bonchev–Trinajstić information content (AvgIpc) is 3.09. The summed E-state index contributed by atoms with van der Waals surface area (Å²) < 4.78 is 47.2. The number of fused-ring (bicyclic) bond motifs is 1. The monoisotopic (exact) mass is 527 g/mol. The first-order chi connectivity index (χ1) is 13.2. The summed E-state index contributed by atoms with van der Waals surface area (Å²) in [5.41, 5.74) is 0.945. The first-order valence-corrected chi connectivity index (χ1v) is 9.65. The van der Waals surface area contributed by atoms with E-state index in [0.717, 1.165) is 31.1 Å². The quantitative estimate of drug-likeness (QED) is 0.332. The van der Waals surface area contributed by atoms with E-state index in [-0.39, 0.29) is 35.1 Å². The van der Waals surface area contributed by atoms with Crippen molar-refractivity contribution in [1.29, 1.82) is 0 Å². The van der Waals surface area contributed by atoms with Gasteiger partial charge in [0, 0.05) is 30.5 Å². The van der Waals surface area contributed by atoms with E-state index < -0.39 is 12.8 Å². The molecule has 9 heteroatoms. The third kappa shape index (κ3) is 5.90. The number of nitrogens with zero attached hydrogens (tertiary/aromatic N) is 1. The number of hydrogen-bond donors (Lipinski definition) is 2. The molecule has 1 aromatic rings. The van der Waals surface area contributed by atoms with Crippen molar-refractivity contribution < 1.29 is 22.6 Å². The topological polar surface area (TPSA) is 54.9 Å². The number of halogens is 4. The van der Waals surface area contributed by atoms with Gasteiger partial charge in [0.1, 0.15) is 5.75 Å². The van der Waals surface area contributed by atoms with Crippen molar-refractivity contribution in [2.75, 3.05) is 19.8 Å². The van der Waals surface area contributed by atoms with Gasteiger partial charge in [-0.25, -0.2) is 4.99 Å². The van der Waals surface area contributed by atoms with Crippen LogP contribution in [0.15, 0.2) is 29.3 Å². The third-order valence-corrected chi connectivity index (χ3v) is 5.48. The maximum absolute atomic E-state index is 12.2. The predicted octanol–water partition coefficient (Wildman–Crippen LogP) is 4.11. The maximum Gasteiger partial charge on any atom is 0.422 e. The highest BCUT2D eigenvalue weighted by molar-refractivity contribution is 14.0. The third-order valence-electron chi connectivity index (χ3n) is 5.48. The Morgan fingerprint density at radius 2 is 1.97 bits per heavy atom. The second-order valence-corrected chi connectivity index (χ2v) is 7.93. The van der Waals surface area contributed by atoms with E-state index in [1.54, 1.807) is 12.1 Å². The molecule has 2 N–H and O–H groups in total. The normalized spacial score (nSPS) is 25.4. The van der Waals surface area contributed by atoms with E-state index in [1.807, 2.05) is 6.92 Å². The standard InChI is InChI=1S/C20H28F3N3O2.HI/c1-4-24-18(26-16-15-9-10-27-17(15)19(16,2)3)25-11-13-5-7-14(8-6-13)28-12-20(21,22)23;/h5-8,15-17H,4,9-12H2,1-3H3,(H2,24,25,26);1H. The van der Waals surface area contributed by atoms with Crippen LogP contribution in [0.2, 0.25) is 0 Å². The van der Waals surface area contributed by atoms with Crippen LogP contribution in [0.4, 0.5) is 13.2 Å². The molecule has 0 radical (unpaired) electrons. The van der Waals surface area contributed by atoms with Gasteiger partial charge in [-0.1, -0.05) is 26.0 Å².